The third kappa shape index (κ3) is 5.24. The summed E-state index contributed by atoms with van der Waals surface area (Å²) in [6.45, 7) is 13.5. The van der Waals surface area contributed by atoms with Crippen molar-refractivity contribution in [1.29, 1.82) is 0 Å². The van der Waals surface area contributed by atoms with Crippen LogP contribution in [0.5, 0.6) is 0 Å². The van der Waals surface area contributed by atoms with E-state index < -0.39 is 0 Å². The minimum Gasteiger partial charge on any atom is -0.358 e. The number of nitrogens with one attached hydrogen (secondary N) is 1. The molecule has 2 heterocycles. The van der Waals surface area contributed by atoms with E-state index in [0.717, 1.165) is 35.6 Å². The number of hydrogen-bond acceptors (Lipinski definition) is 3. The van der Waals surface area contributed by atoms with Gasteiger partial charge in [0, 0.05) is 33.6 Å². The quantitative estimate of drug-likeness (QED) is 0.238. The summed E-state index contributed by atoms with van der Waals surface area (Å²) in [5, 5.41) is 3.74. The lowest BCUT2D eigenvalue weighted by Crippen LogP contribution is -2.24. The van der Waals surface area contributed by atoms with Gasteiger partial charge in [-0.2, -0.15) is 0 Å². The highest BCUT2D eigenvalue weighted by atomic mass is 15.2. The normalized spacial score (nSPS) is 19.5. The number of fused-ring (bicyclic) bond motifs is 2. The van der Waals surface area contributed by atoms with E-state index in [-0.39, 0.29) is 10.8 Å². The lowest BCUT2D eigenvalue weighted by Gasteiger charge is -2.28. The van der Waals surface area contributed by atoms with E-state index in [1.807, 2.05) is 0 Å². The first-order valence-electron chi connectivity index (χ1n) is 16.4. The third-order valence-corrected chi connectivity index (χ3v) is 9.92. The van der Waals surface area contributed by atoms with Crippen LogP contribution in [0.2, 0.25) is 0 Å². The summed E-state index contributed by atoms with van der Waals surface area (Å²) in [6.07, 6.45) is 11.2. The van der Waals surface area contributed by atoms with Crippen LogP contribution in [0.15, 0.2) is 149 Å². The smallest absolute Gasteiger partial charge is 0.0674 e. The zero-order chi connectivity index (χ0) is 32.1. The fourth-order valence-electron chi connectivity index (χ4n) is 7.13. The molecule has 1 N–H and O–H groups in total. The van der Waals surface area contributed by atoms with Crippen molar-refractivity contribution in [3.8, 4) is 0 Å². The van der Waals surface area contributed by atoms with Crippen molar-refractivity contribution >= 4 is 28.5 Å². The van der Waals surface area contributed by atoms with E-state index in [4.69, 9.17) is 4.99 Å². The van der Waals surface area contributed by atoms with Gasteiger partial charge in [0.05, 0.1) is 17.1 Å². The van der Waals surface area contributed by atoms with Gasteiger partial charge in [-0.1, -0.05) is 112 Å². The highest BCUT2D eigenvalue weighted by Crippen LogP contribution is 2.46. The Morgan fingerprint density at radius 1 is 0.674 bits per heavy atom. The molecular formula is C43H43N3. The number of benzene rings is 4. The van der Waals surface area contributed by atoms with E-state index in [2.05, 4.69) is 173 Å². The van der Waals surface area contributed by atoms with Crippen LogP contribution < -0.4 is 10.2 Å². The molecule has 0 atom stereocenters. The van der Waals surface area contributed by atoms with Gasteiger partial charge in [-0.25, -0.2) is 0 Å². The number of anilines is 3. The Balaban J connectivity index is 1.34. The molecule has 0 amide bonds. The van der Waals surface area contributed by atoms with Crippen molar-refractivity contribution in [1.82, 2.24) is 0 Å². The monoisotopic (exact) mass is 601 g/mol. The van der Waals surface area contributed by atoms with Crippen LogP contribution in [-0.2, 0) is 10.8 Å². The first-order valence-corrected chi connectivity index (χ1v) is 16.4. The summed E-state index contributed by atoms with van der Waals surface area (Å²) >= 11 is 0. The fraction of sp³-hybridized carbons (Fsp3) is 0.233. The van der Waals surface area contributed by atoms with E-state index in [0.29, 0.717) is 0 Å². The van der Waals surface area contributed by atoms with Gasteiger partial charge >= 0.3 is 0 Å². The molecule has 0 bridgehead atoms. The lowest BCUT2D eigenvalue weighted by atomic mass is 9.81. The molecule has 0 radical (unpaired) electrons. The van der Waals surface area contributed by atoms with Crippen molar-refractivity contribution < 1.29 is 0 Å². The van der Waals surface area contributed by atoms with Crippen LogP contribution in [-0.4, -0.2) is 5.71 Å². The first-order chi connectivity index (χ1) is 22.1. The Morgan fingerprint density at radius 2 is 1.30 bits per heavy atom. The number of para-hydroxylation sites is 2. The second-order valence-electron chi connectivity index (χ2n) is 13.9. The van der Waals surface area contributed by atoms with Crippen LogP contribution in [0.25, 0.3) is 0 Å². The average molecular weight is 602 g/mol. The number of hydrogen-bond donors (Lipinski definition) is 1. The molecule has 0 unspecified atom stereocenters. The van der Waals surface area contributed by atoms with E-state index in [9.17, 15) is 0 Å². The van der Waals surface area contributed by atoms with Gasteiger partial charge in [-0.05, 0) is 97.5 Å². The molecular weight excluding hydrogens is 558 g/mol. The molecule has 3 aliphatic rings. The minimum atomic E-state index is -0.147. The van der Waals surface area contributed by atoms with Gasteiger partial charge in [-0.3, -0.25) is 4.99 Å². The molecule has 0 spiro atoms. The SMILES string of the molecule is Cc1ccc2c(c1)C(C)(C)C(/C=C/C1=C(N(c3ccccc3)c3ccccc3)C(=C/C=C3/Nc4ccc(C)cc4C3(C)C)/CC1)=N2. The van der Waals surface area contributed by atoms with Gasteiger partial charge in [-0.15, -0.1) is 0 Å². The standard InChI is InChI=1S/C43H43N3/c1-29-17-23-37-35(27-29)42(3,4)39(44-37)25-21-31-19-20-32(22-26-40-43(5,6)36-28-30(2)18-24-38(36)45-40)41(31)46(33-13-9-7-10-14-33)34-15-11-8-12-16-34/h7-18,21-28,44H,19-20H2,1-6H3/b26-22+,31-21+,39-25+. The molecule has 0 aromatic heterocycles. The summed E-state index contributed by atoms with van der Waals surface area (Å²) in [4.78, 5) is 7.54. The number of aliphatic imine (C=N–C) groups is 1. The Morgan fingerprint density at radius 3 is 1.98 bits per heavy atom. The molecule has 1 aliphatic carbocycles. The minimum absolute atomic E-state index is 0.0955. The summed E-state index contributed by atoms with van der Waals surface area (Å²) in [5.41, 5.74) is 15.8. The topological polar surface area (TPSA) is 27.6 Å². The molecule has 7 rings (SSSR count). The van der Waals surface area contributed by atoms with Crippen LogP contribution in [0, 0.1) is 13.8 Å². The van der Waals surface area contributed by atoms with Gasteiger partial charge in [0.15, 0.2) is 0 Å². The zero-order valence-corrected chi connectivity index (χ0v) is 27.9. The zero-order valence-electron chi connectivity index (χ0n) is 27.9. The maximum absolute atomic E-state index is 5.10. The van der Waals surface area contributed by atoms with Crippen molar-refractivity contribution in [2.75, 3.05) is 10.2 Å². The second-order valence-corrected chi connectivity index (χ2v) is 13.9. The van der Waals surface area contributed by atoms with Crippen molar-refractivity contribution in [3.63, 3.8) is 0 Å². The van der Waals surface area contributed by atoms with Crippen LogP contribution in [0.3, 0.4) is 0 Å². The maximum Gasteiger partial charge on any atom is 0.0674 e. The third-order valence-electron chi connectivity index (χ3n) is 9.92. The van der Waals surface area contributed by atoms with Crippen molar-refractivity contribution in [3.05, 3.63) is 166 Å². The van der Waals surface area contributed by atoms with E-state index in [1.165, 1.54) is 50.5 Å². The van der Waals surface area contributed by atoms with E-state index >= 15 is 0 Å². The van der Waals surface area contributed by atoms with E-state index in [1.54, 1.807) is 0 Å². The summed E-state index contributed by atoms with van der Waals surface area (Å²) in [7, 11) is 0. The number of nitrogens with zero attached hydrogens (tertiary/aromatic N) is 2. The first kappa shape index (κ1) is 29.8. The molecule has 4 aromatic rings. The summed E-state index contributed by atoms with van der Waals surface area (Å²) in [6, 6.07) is 34.8. The molecule has 2 aliphatic heterocycles. The highest BCUT2D eigenvalue weighted by Gasteiger charge is 2.36. The van der Waals surface area contributed by atoms with Gasteiger partial charge in [0.25, 0.3) is 0 Å². The largest absolute Gasteiger partial charge is 0.358 e. The molecule has 3 heteroatoms. The number of aryl methyl sites for hydroxylation is 2. The second kappa shape index (κ2) is 11.5. The Kier molecular flexibility index (Phi) is 7.44. The average Bonchev–Trinajstić information content (AvgIpc) is 3.64. The van der Waals surface area contributed by atoms with Gasteiger partial charge < -0.3 is 10.2 Å². The van der Waals surface area contributed by atoms with Crippen molar-refractivity contribution in [2.24, 2.45) is 4.99 Å². The molecule has 0 fully saturated rings. The molecule has 0 saturated carbocycles. The Bertz CT molecular complexity index is 1930. The highest BCUT2D eigenvalue weighted by molar-refractivity contribution is 6.08. The van der Waals surface area contributed by atoms with Crippen molar-refractivity contribution in [2.45, 2.75) is 65.2 Å². The summed E-state index contributed by atoms with van der Waals surface area (Å²) < 4.78 is 0. The summed E-state index contributed by atoms with van der Waals surface area (Å²) in [5.74, 6) is 0. The fourth-order valence-corrected chi connectivity index (χ4v) is 7.13. The molecule has 230 valence electrons. The van der Waals surface area contributed by atoms with Crippen LogP contribution in [0.1, 0.15) is 62.8 Å². The van der Waals surface area contributed by atoms with Crippen LogP contribution in [0.4, 0.5) is 22.7 Å². The molecule has 46 heavy (non-hydrogen) atoms. The van der Waals surface area contributed by atoms with Gasteiger partial charge in [0.1, 0.15) is 0 Å². The number of rotatable bonds is 6. The molecule has 3 nitrogen and oxygen atoms in total. The Hall–Kier alpha value is -4.89. The molecule has 0 saturated heterocycles. The lowest BCUT2D eigenvalue weighted by molar-refractivity contribution is 0.653. The number of allylic oxidation sites excluding steroid dienone is 7. The predicted octanol–water partition coefficient (Wildman–Crippen LogP) is 11.3. The van der Waals surface area contributed by atoms with Gasteiger partial charge in [0.2, 0.25) is 0 Å². The molecule has 4 aromatic carbocycles. The predicted molar refractivity (Wildman–Crippen MR) is 196 cm³/mol. The Labute approximate surface area is 274 Å². The van der Waals surface area contributed by atoms with Crippen LogP contribution >= 0.6 is 0 Å². The maximum atomic E-state index is 5.10.